The summed E-state index contributed by atoms with van der Waals surface area (Å²) < 4.78 is 0. The van der Waals surface area contributed by atoms with Gasteiger partial charge >= 0.3 is 0 Å². The molecule has 4 aromatic carbocycles. The molecule has 0 aliphatic carbocycles. The number of hydrogen-bond acceptors (Lipinski definition) is 3. The van der Waals surface area contributed by atoms with Crippen LogP contribution in [-0.4, -0.2) is 30.8 Å². The number of nitrogens with zero attached hydrogens (tertiary/aromatic N) is 2. The van der Waals surface area contributed by atoms with Gasteiger partial charge in [0, 0.05) is 38.6 Å². The van der Waals surface area contributed by atoms with Crippen LogP contribution >= 0.6 is 23.2 Å². The van der Waals surface area contributed by atoms with Crippen LogP contribution in [0.25, 0.3) is 0 Å². The van der Waals surface area contributed by atoms with Crippen molar-refractivity contribution in [2.45, 2.75) is 13.1 Å². The maximum atomic E-state index is 13.7. The summed E-state index contributed by atoms with van der Waals surface area (Å²) in [6, 6.07) is 29.4. The topological polar surface area (TPSA) is 52.7 Å². The van der Waals surface area contributed by atoms with Crippen LogP contribution in [0.2, 0.25) is 10.0 Å². The molecular formula is C30H27Cl2N3O2. The lowest BCUT2D eigenvalue weighted by molar-refractivity contribution is 0.0730. The van der Waals surface area contributed by atoms with Crippen molar-refractivity contribution in [3.05, 3.63) is 129 Å². The zero-order valence-corrected chi connectivity index (χ0v) is 22.1. The zero-order valence-electron chi connectivity index (χ0n) is 20.6. The molecule has 0 saturated heterocycles. The predicted molar refractivity (Wildman–Crippen MR) is 152 cm³/mol. The summed E-state index contributed by atoms with van der Waals surface area (Å²) in [5.74, 6) is -0.480. The molecule has 0 saturated carbocycles. The van der Waals surface area contributed by atoms with E-state index in [0.717, 1.165) is 16.8 Å². The monoisotopic (exact) mass is 531 g/mol. The molecule has 4 rings (SSSR count). The first-order valence-electron chi connectivity index (χ1n) is 11.8. The van der Waals surface area contributed by atoms with Crippen molar-refractivity contribution in [3.8, 4) is 0 Å². The molecule has 1 N–H and O–H groups in total. The van der Waals surface area contributed by atoms with E-state index in [4.69, 9.17) is 23.2 Å². The number of anilines is 2. The fourth-order valence-corrected chi connectivity index (χ4v) is 4.52. The average molecular weight is 532 g/mol. The molecule has 0 aromatic heterocycles. The van der Waals surface area contributed by atoms with Crippen molar-refractivity contribution >= 4 is 46.4 Å². The lowest BCUT2D eigenvalue weighted by Gasteiger charge is -2.27. The first kappa shape index (κ1) is 26.3. The van der Waals surface area contributed by atoms with Crippen LogP contribution in [0.1, 0.15) is 31.8 Å². The van der Waals surface area contributed by atoms with Gasteiger partial charge in [-0.05, 0) is 53.6 Å². The molecule has 188 valence electrons. The Balaban J connectivity index is 1.68. The van der Waals surface area contributed by atoms with Gasteiger partial charge in [-0.1, -0.05) is 77.8 Å². The molecule has 0 aliphatic rings. The number of hydrogen-bond donors (Lipinski definition) is 1. The molecule has 0 bridgehead atoms. The van der Waals surface area contributed by atoms with Crippen molar-refractivity contribution in [1.29, 1.82) is 0 Å². The third-order valence-electron chi connectivity index (χ3n) is 5.91. The van der Waals surface area contributed by atoms with E-state index in [0.29, 0.717) is 39.9 Å². The van der Waals surface area contributed by atoms with Gasteiger partial charge in [0.1, 0.15) is 0 Å². The minimum absolute atomic E-state index is 0.176. The quantitative estimate of drug-likeness (QED) is 0.262. The molecule has 7 heteroatoms. The second kappa shape index (κ2) is 12.0. The number of carbonyl (C=O) groups is 2. The summed E-state index contributed by atoms with van der Waals surface area (Å²) >= 11 is 12.6. The molecule has 0 fully saturated rings. The highest BCUT2D eigenvalue weighted by atomic mass is 35.5. The minimum Gasteiger partial charge on any atom is -0.377 e. The SMILES string of the molecule is CN(C)c1ccc(NC(=O)c2ccccc2Cl)cc1CN(Cc1ccccc1)C(=O)c1ccccc1Cl. The van der Waals surface area contributed by atoms with Crippen molar-refractivity contribution in [3.63, 3.8) is 0 Å². The molecule has 2 amide bonds. The van der Waals surface area contributed by atoms with E-state index in [2.05, 4.69) is 5.32 Å². The second-order valence-corrected chi connectivity index (χ2v) is 9.61. The van der Waals surface area contributed by atoms with Gasteiger partial charge in [0.15, 0.2) is 0 Å². The number of benzene rings is 4. The van der Waals surface area contributed by atoms with Gasteiger partial charge in [0.05, 0.1) is 21.2 Å². The van der Waals surface area contributed by atoms with Crippen LogP contribution in [0, 0.1) is 0 Å². The van der Waals surface area contributed by atoms with E-state index in [-0.39, 0.29) is 11.8 Å². The average Bonchev–Trinajstić information content (AvgIpc) is 2.89. The summed E-state index contributed by atoms with van der Waals surface area (Å²) in [4.78, 5) is 30.3. The van der Waals surface area contributed by atoms with E-state index < -0.39 is 0 Å². The number of rotatable bonds is 8. The van der Waals surface area contributed by atoms with E-state index in [1.807, 2.05) is 67.5 Å². The maximum absolute atomic E-state index is 13.7. The third kappa shape index (κ3) is 6.50. The molecule has 5 nitrogen and oxygen atoms in total. The molecule has 0 radical (unpaired) electrons. The highest BCUT2D eigenvalue weighted by Crippen LogP contribution is 2.28. The fourth-order valence-electron chi connectivity index (χ4n) is 4.08. The lowest BCUT2D eigenvalue weighted by atomic mass is 10.1. The smallest absolute Gasteiger partial charge is 0.257 e. The van der Waals surface area contributed by atoms with Crippen molar-refractivity contribution in [1.82, 2.24) is 4.90 Å². The molecule has 0 heterocycles. The van der Waals surface area contributed by atoms with Crippen molar-refractivity contribution < 1.29 is 9.59 Å². The Morgan fingerprint density at radius 3 is 1.95 bits per heavy atom. The van der Waals surface area contributed by atoms with Gasteiger partial charge in [0.25, 0.3) is 11.8 Å². The summed E-state index contributed by atoms with van der Waals surface area (Å²) in [6.45, 7) is 0.705. The standard InChI is InChI=1S/C30H27Cl2N3O2/c1-34(2)28-17-16-23(33-29(36)24-12-6-8-14-26(24)31)18-22(28)20-35(19-21-10-4-3-5-11-21)30(37)25-13-7-9-15-27(25)32/h3-18H,19-20H2,1-2H3,(H,33,36). The molecule has 4 aromatic rings. The van der Waals surface area contributed by atoms with Gasteiger partial charge in [-0.3, -0.25) is 9.59 Å². The Bertz CT molecular complexity index is 1410. The predicted octanol–water partition coefficient (Wildman–Crippen LogP) is 7.15. The summed E-state index contributed by atoms with van der Waals surface area (Å²) in [5.41, 5.74) is 4.24. The Hall–Kier alpha value is -3.80. The molecule has 0 atom stereocenters. The second-order valence-electron chi connectivity index (χ2n) is 8.80. The van der Waals surface area contributed by atoms with E-state index in [1.54, 1.807) is 53.4 Å². The van der Waals surface area contributed by atoms with Gasteiger partial charge in [0.2, 0.25) is 0 Å². The maximum Gasteiger partial charge on any atom is 0.257 e. The van der Waals surface area contributed by atoms with Crippen LogP contribution in [0.5, 0.6) is 0 Å². The van der Waals surface area contributed by atoms with Crippen LogP contribution < -0.4 is 10.2 Å². The highest BCUT2D eigenvalue weighted by Gasteiger charge is 2.21. The molecule has 37 heavy (non-hydrogen) atoms. The number of halogens is 2. The highest BCUT2D eigenvalue weighted by molar-refractivity contribution is 6.34. The molecule has 0 aliphatic heterocycles. The van der Waals surface area contributed by atoms with Gasteiger partial charge in [-0.2, -0.15) is 0 Å². The van der Waals surface area contributed by atoms with Crippen molar-refractivity contribution in [2.24, 2.45) is 0 Å². The Morgan fingerprint density at radius 1 is 0.730 bits per heavy atom. The normalized spacial score (nSPS) is 10.6. The van der Waals surface area contributed by atoms with E-state index in [1.165, 1.54) is 0 Å². The van der Waals surface area contributed by atoms with Crippen LogP contribution in [0.4, 0.5) is 11.4 Å². The fraction of sp³-hybridized carbons (Fsp3) is 0.133. The molecule has 0 unspecified atom stereocenters. The van der Waals surface area contributed by atoms with Gasteiger partial charge < -0.3 is 15.1 Å². The molecule has 0 spiro atoms. The Kier molecular flexibility index (Phi) is 8.49. The van der Waals surface area contributed by atoms with Crippen LogP contribution in [-0.2, 0) is 13.1 Å². The van der Waals surface area contributed by atoms with E-state index >= 15 is 0 Å². The third-order valence-corrected chi connectivity index (χ3v) is 6.57. The van der Waals surface area contributed by atoms with Gasteiger partial charge in [-0.25, -0.2) is 0 Å². The summed E-state index contributed by atoms with van der Waals surface area (Å²) in [6.07, 6.45) is 0. The molecular weight excluding hydrogens is 505 g/mol. The number of amides is 2. The van der Waals surface area contributed by atoms with E-state index in [9.17, 15) is 9.59 Å². The number of nitrogens with one attached hydrogen (secondary N) is 1. The van der Waals surface area contributed by atoms with Crippen LogP contribution in [0.15, 0.2) is 97.1 Å². The van der Waals surface area contributed by atoms with Crippen LogP contribution in [0.3, 0.4) is 0 Å². The number of carbonyl (C=O) groups excluding carboxylic acids is 2. The van der Waals surface area contributed by atoms with Gasteiger partial charge in [-0.15, -0.1) is 0 Å². The Labute approximate surface area is 227 Å². The largest absolute Gasteiger partial charge is 0.377 e. The Morgan fingerprint density at radius 2 is 1.32 bits per heavy atom. The summed E-state index contributed by atoms with van der Waals surface area (Å²) in [5, 5.41) is 3.71. The first-order chi connectivity index (χ1) is 17.8. The summed E-state index contributed by atoms with van der Waals surface area (Å²) in [7, 11) is 3.89. The minimum atomic E-state index is -0.303. The zero-order chi connectivity index (χ0) is 26.4. The lowest BCUT2D eigenvalue weighted by Crippen LogP contribution is -2.31. The van der Waals surface area contributed by atoms with Crippen molar-refractivity contribution in [2.75, 3.05) is 24.3 Å². The first-order valence-corrected chi connectivity index (χ1v) is 12.5.